The first kappa shape index (κ1) is 20.8. The van der Waals surface area contributed by atoms with Gasteiger partial charge < -0.3 is 15.0 Å². The highest BCUT2D eigenvalue weighted by Gasteiger charge is 2.24. The van der Waals surface area contributed by atoms with Crippen molar-refractivity contribution in [3.05, 3.63) is 65.0 Å². The van der Waals surface area contributed by atoms with E-state index in [1.54, 1.807) is 31.7 Å². The third kappa shape index (κ3) is 5.34. The Labute approximate surface area is 170 Å². The number of carbonyl (C=O) groups is 2. The van der Waals surface area contributed by atoms with Crippen molar-refractivity contribution in [1.29, 1.82) is 0 Å². The number of para-hydroxylation sites is 1. The van der Waals surface area contributed by atoms with E-state index in [-0.39, 0.29) is 18.0 Å². The lowest BCUT2D eigenvalue weighted by atomic mass is 10.1. The van der Waals surface area contributed by atoms with E-state index in [1.165, 1.54) is 12.1 Å². The van der Waals surface area contributed by atoms with Crippen LogP contribution in [0.2, 0.25) is 0 Å². The molecule has 6 heteroatoms. The lowest BCUT2D eigenvalue weighted by molar-refractivity contribution is 0.0523. The molecule has 2 amide bonds. The van der Waals surface area contributed by atoms with Gasteiger partial charge in [-0.15, -0.1) is 0 Å². The van der Waals surface area contributed by atoms with Crippen LogP contribution in [0.5, 0.6) is 0 Å². The van der Waals surface area contributed by atoms with Gasteiger partial charge in [-0.1, -0.05) is 24.3 Å². The molecule has 0 saturated heterocycles. The number of halogens is 1. The van der Waals surface area contributed by atoms with Gasteiger partial charge in [0, 0.05) is 18.8 Å². The van der Waals surface area contributed by atoms with Gasteiger partial charge in [0.15, 0.2) is 0 Å². The van der Waals surface area contributed by atoms with E-state index in [0.29, 0.717) is 12.1 Å². The first-order valence-electron chi connectivity index (χ1n) is 9.89. The van der Waals surface area contributed by atoms with Crippen LogP contribution < -0.4 is 10.2 Å². The van der Waals surface area contributed by atoms with Crippen molar-refractivity contribution in [2.45, 2.75) is 52.2 Å². The molecule has 154 valence electrons. The minimum atomic E-state index is -0.602. The van der Waals surface area contributed by atoms with E-state index < -0.39 is 17.5 Å². The minimum Gasteiger partial charge on any atom is -0.444 e. The number of hydrogen-bond acceptors (Lipinski definition) is 3. The van der Waals surface area contributed by atoms with Gasteiger partial charge in [-0.05, 0) is 69.4 Å². The lowest BCUT2D eigenvalue weighted by Crippen LogP contribution is -2.33. The van der Waals surface area contributed by atoms with Crippen LogP contribution in [0.4, 0.5) is 14.9 Å². The monoisotopic (exact) mass is 398 g/mol. The SMILES string of the molecule is CC(C)(C)OC(=O)NCc1ccc(C(=O)N2CCCCc3ccccc32)c(F)c1. The smallest absolute Gasteiger partial charge is 0.407 e. The standard InChI is InChI=1S/C23H27FN2O3/c1-23(2,3)29-22(28)25-15-16-11-12-18(19(24)14-16)21(27)26-13-7-6-9-17-8-4-5-10-20(17)26/h4-5,8,10-12,14H,6-7,9,13,15H2,1-3H3,(H,25,28). The van der Waals surface area contributed by atoms with Crippen LogP contribution in [-0.2, 0) is 17.7 Å². The summed E-state index contributed by atoms with van der Waals surface area (Å²) in [5.74, 6) is -0.941. The molecule has 0 aliphatic carbocycles. The maximum Gasteiger partial charge on any atom is 0.407 e. The summed E-state index contributed by atoms with van der Waals surface area (Å²) in [6.07, 6.45) is 2.22. The quantitative estimate of drug-likeness (QED) is 0.805. The van der Waals surface area contributed by atoms with E-state index in [0.717, 1.165) is 30.5 Å². The average molecular weight is 398 g/mol. The van der Waals surface area contributed by atoms with Gasteiger partial charge in [-0.25, -0.2) is 9.18 Å². The predicted octanol–water partition coefficient (Wildman–Crippen LogP) is 4.83. The summed E-state index contributed by atoms with van der Waals surface area (Å²) in [6, 6.07) is 12.2. The second-order valence-corrected chi connectivity index (χ2v) is 8.21. The number of nitrogens with one attached hydrogen (secondary N) is 1. The van der Waals surface area contributed by atoms with Crippen LogP contribution in [0.3, 0.4) is 0 Å². The maximum absolute atomic E-state index is 14.7. The van der Waals surface area contributed by atoms with Crippen LogP contribution in [0, 0.1) is 5.82 Å². The molecule has 1 aliphatic heterocycles. The Morgan fingerprint density at radius 1 is 1.14 bits per heavy atom. The van der Waals surface area contributed by atoms with Gasteiger partial charge in [0.1, 0.15) is 11.4 Å². The molecule has 0 aromatic heterocycles. The number of alkyl carbamates (subject to hydrolysis) is 1. The first-order chi connectivity index (χ1) is 13.7. The normalized spacial score (nSPS) is 14.0. The van der Waals surface area contributed by atoms with Gasteiger partial charge in [-0.3, -0.25) is 4.79 Å². The summed E-state index contributed by atoms with van der Waals surface area (Å²) in [5.41, 5.74) is 1.95. The summed E-state index contributed by atoms with van der Waals surface area (Å²) in [6.45, 7) is 6.00. The van der Waals surface area contributed by atoms with Gasteiger partial charge in [0.2, 0.25) is 0 Å². The van der Waals surface area contributed by atoms with Crippen molar-refractivity contribution in [2.75, 3.05) is 11.4 Å². The van der Waals surface area contributed by atoms with E-state index in [1.807, 2.05) is 24.3 Å². The zero-order chi connectivity index (χ0) is 21.0. The number of nitrogens with zero attached hydrogens (tertiary/aromatic N) is 1. The molecule has 5 nitrogen and oxygen atoms in total. The topological polar surface area (TPSA) is 58.6 Å². The first-order valence-corrected chi connectivity index (χ1v) is 9.89. The molecule has 0 saturated carbocycles. The second-order valence-electron chi connectivity index (χ2n) is 8.21. The number of ether oxygens (including phenoxy) is 1. The number of carbonyl (C=O) groups excluding carboxylic acids is 2. The van der Waals surface area contributed by atoms with Crippen molar-refractivity contribution in [1.82, 2.24) is 5.32 Å². The number of rotatable bonds is 3. The maximum atomic E-state index is 14.7. The molecular formula is C23H27FN2O3. The highest BCUT2D eigenvalue weighted by molar-refractivity contribution is 6.06. The van der Waals surface area contributed by atoms with Crippen molar-refractivity contribution < 1.29 is 18.7 Å². The lowest BCUT2D eigenvalue weighted by Gasteiger charge is -2.23. The molecule has 0 unspecified atom stereocenters. The third-order valence-electron chi connectivity index (χ3n) is 4.71. The predicted molar refractivity (Wildman–Crippen MR) is 111 cm³/mol. The van der Waals surface area contributed by atoms with Gasteiger partial charge in [-0.2, -0.15) is 0 Å². The molecule has 2 aromatic carbocycles. The summed E-state index contributed by atoms with van der Waals surface area (Å²) in [5, 5.41) is 2.59. The Hall–Kier alpha value is -2.89. The second kappa shape index (κ2) is 8.64. The van der Waals surface area contributed by atoms with Crippen molar-refractivity contribution in [3.63, 3.8) is 0 Å². The Bertz CT molecular complexity index is 905. The molecule has 1 aliphatic rings. The fourth-order valence-corrected chi connectivity index (χ4v) is 3.38. The van der Waals surface area contributed by atoms with Crippen LogP contribution in [0.1, 0.15) is 55.1 Å². The Morgan fingerprint density at radius 3 is 2.62 bits per heavy atom. The largest absolute Gasteiger partial charge is 0.444 e. The van der Waals surface area contributed by atoms with Crippen molar-refractivity contribution in [3.8, 4) is 0 Å². The fraction of sp³-hybridized carbons (Fsp3) is 0.391. The number of aryl methyl sites for hydroxylation is 1. The summed E-state index contributed by atoms with van der Waals surface area (Å²) >= 11 is 0. The highest BCUT2D eigenvalue weighted by Crippen LogP contribution is 2.28. The molecule has 0 atom stereocenters. The summed E-state index contributed by atoms with van der Waals surface area (Å²) in [7, 11) is 0. The molecule has 0 radical (unpaired) electrons. The summed E-state index contributed by atoms with van der Waals surface area (Å²) in [4.78, 5) is 26.5. The Morgan fingerprint density at radius 2 is 1.90 bits per heavy atom. The van der Waals surface area contributed by atoms with Crippen LogP contribution in [0.15, 0.2) is 42.5 Å². The van der Waals surface area contributed by atoms with E-state index in [4.69, 9.17) is 4.74 Å². The van der Waals surface area contributed by atoms with Crippen LogP contribution >= 0.6 is 0 Å². The number of anilines is 1. The molecular weight excluding hydrogens is 371 g/mol. The molecule has 1 heterocycles. The minimum absolute atomic E-state index is 0.0303. The number of benzene rings is 2. The number of fused-ring (bicyclic) bond motifs is 1. The fourth-order valence-electron chi connectivity index (χ4n) is 3.38. The molecule has 3 rings (SSSR count). The van der Waals surface area contributed by atoms with Crippen molar-refractivity contribution in [2.24, 2.45) is 0 Å². The Kier molecular flexibility index (Phi) is 6.20. The average Bonchev–Trinajstić information content (AvgIpc) is 2.87. The molecule has 29 heavy (non-hydrogen) atoms. The molecule has 0 bridgehead atoms. The third-order valence-corrected chi connectivity index (χ3v) is 4.71. The highest BCUT2D eigenvalue weighted by atomic mass is 19.1. The molecule has 0 spiro atoms. The van der Waals surface area contributed by atoms with E-state index in [2.05, 4.69) is 5.32 Å². The van der Waals surface area contributed by atoms with E-state index >= 15 is 0 Å². The molecule has 0 fully saturated rings. The zero-order valence-electron chi connectivity index (χ0n) is 17.1. The van der Waals surface area contributed by atoms with Crippen LogP contribution in [-0.4, -0.2) is 24.1 Å². The van der Waals surface area contributed by atoms with Gasteiger partial charge in [0.25, 0.3) is 5.91 Å². The van der Waals surface area contributed by atoms with Crippen LogP contribution in [0.25, 0.3) is 0 Å². The Balaban J connectivity index is 1.73. The number of hydrogen-bond donors (Lipinski definition) is 1. The molecule has 1 N–H and O–H groups in total. The van der Waals surface area contributed by atoms with Crippen molar-refractivity contribution >= 4 is 17.7 Å². The van der Waals surface area contributed by atoms with E-state index in [9.17, 15) is 14.0 Å². The van der Waals surface area contributed by atoms with Gasteiger partial charge in [0.05, 0.1) is 5.56 Å². The summed E-state index contributed by atoms with van der Waals surface area (Å²) < 4.78 is 19.9. The molecule has 2 aromatic rings. The number of amides is 2. The van der Waals surface area contributed by atoms with Gasteiger partial charge >= 0.3 is 6.09 Å². The zero-order valence-corrected chi connectivity index (χ0v) is 17.1.